The molecule has 1 heterocycles. The second kappa shape index (κ2) is 3.70. The Morgan fingerprint density at radius 2 is 2.00 bits per heavy atom. The van der Waals surface area contributed by atoms with Crippen molar-refractivity contribution in [1.82, 2.24) is 4.90 Å². The summed E-state index contributed by atoms with van der Waals surface area (Å²) in [6.07, 6.45) is 5.90. The molecule has 1 aliphatic carbocycles. The Balaban J connectivity index is 2.05. The highest BCUT2D eigenvalue weighted by Gasteiger charge is 2.33. The van der Waals surface area contributed by atoms with Crippen LogP contribution in [0.25, 0.3) is 0 Å². The van der Waals surface area contributed by atoms with Gasteiger partial charge in [0.15, 0.2) is 5.17 Å². The van der Waals surface area contributed by atoms with Crippen molar-refractivity contribution in [2.75, 3.05) is 5.75 Å². The Labute approximate surface area is 82.4 Å². The van der Waals surface area contributed by atoms with Crippen LogP contribution in [0.1, 0.15) is 32.1 Å². The zero-order chi connectivity index (χ0) is 9.26. The van der Waals surface area contributed by atoms with Gasteiger partial charge in [-0.05, 0) is 12.8 Å². The Hall–Kier alpha value is -0.510. The highest BCUT2D eigenvalue weighted by Crippen LogP contribution is 2.28. The summed E-state index contributed by atoms with van der Waals surface area (Å²) in [5.41, 5.74) is 0. The van der Waals surface area contributed by atoms with Crippen molar-refractivity contribution in [3.8, 4) is 0 Å². The molecule has 2 aliphatic rings. The van der Waals surface area contributed by atoms with Crippen molar-refractivity contribution in [3.05, 3.63) is 0 Å². The van der Waals surface area contributed by atoms with Crippen LogP contribution >= 0.6 is 11.8 Å². The molecule has 72 valence electrons. The van der Waals surface area contributed by atoms with E-state index in [2.05, 4.69) is 0 Å². The van der Waals surface area contributed by atoms with Crippen LogP contribution in [0, 0.1) is 5.41 Å². The molecule has 13 heavy (non-hydrogen) atoms. The minimum absolute atomic E-state index is 0.141. The largest absolute Gasteiger partial charge is 0.288 e. The third-order valence-corrected chi connectivity index (χ3v) is 3.62. The van der Waals surface area contributed by atoms with Crippen LogP contribution in [0.5, 0.6) is 0 Å². The predicted octanol–water partition coefficient (Wildman–Crippen LogP) is 1.83. The molecule has 0 atom stereocenters. The fraction of sp³-hybridized carbons (Fsp3) is 0.778. The van der Waals surface area contributed by atoms with Gasteiger partial charge in [0.2, 0.25) is 5.91 Å². The fourth-order valence-corrected chi connectivity index (χ4v) is 2.88. The third-order valence-electron chi connectivity index (χ3n) is 2.76. The van der Waals surface area contributed by atoms with Gasteiger partial charge in [-0.3, -0.25) is 15.1 Å². The maximum Gasteiger partial charge on any atom is 0.239 e. The summed E-state index contributed by atoms with van der Waals surface area (Å²) in [5.74, 6) is 0.622. The zero-order valence-electron chi connectivity index (χ0n) is 7.58. The highest BCUT2D eigenvalue weighted by atomic mass is 32.2. The molecule has 1 saturated heterocycles. The molecular weight excluding hydrogens is 184 g/mol. The van der Waals surface area contributed by atoms with Gasteiger partial charge in [0, 0.05) is 6.04 Å². The molecule has 4 heteroatoms. The molecule has 0 bridgehead atoms. The Kier molecular flexibility index (Phi) is 2.58. The lowest BCUT2D eigenvalue weighted by Gasteiger charge is -2.29. The number of nitrogens with one attached hydrogen (secondary N) is 1. The summed E-state index contributed by atoms with van der Waals surface area (Å²) in [6, 6.07) is 0.337. The summed E-state index contributed by atoms with van der Waals surface area (Å²) in [7, 11) is 0. The van der Waals surface area contributed by atoms with Crippen LogP contribution in [0.3, 0.4) is 0 Å². The van der Waals surface area contributed by atoms with Crippen LogP contribution in [0.15, 0.2) is 0 Å². The standard InChI is InChI=1S/C9H14N2OS/c10-9-11(8(12)6-13-9)7-4-2-1-3-5-7/h7,10H,1-6H2. The van der Waals surface area contributed by atoms with Crippen LogP contribution < -0.4 is 0 Å². The molecule has 0 unspecified atom stereocenters. The maximum atomic E-state index is 11.4. The topological polar surface area (TPSA) is 44.2 Å². The first kappa shape index (κ1) is 9.06. The molecule has 0 aromatic heterocycles. The van der Waals surface area contributed by atoms with E-state index in [0.717, 1.165) is 12.8 Å². The van der Waals surface area contributed by atoms with Gasteiger partial charge in [0.25, 0.3) is 0 Å². The molecule has 2 rings (SSSR count). The summed E-state index contributed by atoms with van der Waals surface area (Å²) >= 11 is 1.37. The van der Waals surface area contributed by atoms with Crippen molar-refractivity contribution in [2.24, 2.45) is 0 Å². The fourth-order valence-electron chi connectivity index (χ4n) is 2.09. The van der Waals surface area contributed by atoms with E-state index in [1.54, 1.807) is 4.90 Å². The number of rotatable bonds is 1. The minimum Gasteiger partial charge on any atom is -0.288 e. The quantitative estimate of drug-likeness (QED) is 0.698. The summed E-state index contributed by atoms with van der Waals surface area (Å²) < 4.78 is 0. The van der Waals surface area contributed by atoms with Gasteiger partial charge < -0.3 is 0 Å². The Morgan fingerprint density at radius 3 is 2.54 bits per heavy atom. The molecule has 0 aromatic carbocycles. The second-order valence-electron chi connectivity index (χ2n) is 3.65. The van der Waals surface area contributed by atoms with Crippen molar-refractivity contribution < 1.29 is 4.79 Å². The van der Waals surface area contributed by atoms with E-state index in [1.807, 2.05) is 0 Å². The second-order valence-corrected chi connectivity index (χ2v) is 4.61. The van der Waals surface area contributed by atoms with E-state index >= 15 is 0 Å². The molecule has 3 nitrogen and oxygen atoms in total. The van der Waals surface area contributed by atoms with Gasteiger partial charge in [0.05, 0.1) is 5.75 Å². The third kappa shape index (κ3) is 1.73. The van der Waals surface area contributed by atoms with E-state index in [0.29, 0.717) is 17.0 Å². The van der Waals surface area contributed by atoms with E-state index in [9.17, 15) is 4.79 Å². The van der Waals surface area contributed by atoms with E-state index in [4.69, 9.17) is 5.41 Å². The number of thioether (sulfide) groups is 1. The molecule has 1 saturated carbocycles. The first-order valence-corrected chi connectivity index (χ1v) is 5.81. The number of hydrogen-bond donors (Lipinski definition) is 1. The van der Waals surface area contributed by atoms with Gasteiger partial charge in [0.1, 0.15) is 0 Å². The molecule has 0 radical (unpaired) electrons. The SMILES string of the molecule is N=C1SCC(=O)N1C1CCCCC1. The average Bonchev–Trinajstić information content (AvgIpc) is 2.48. The van der Waals surface area contributed by atoms with E-state index in [-0.39, 0.29) is 5.91 Å². The van der Waals surface area contributed by atoms with E-state index < -0.39 is 0 Å². The van der Waals surface area contributed by atoms with Crippen molar-refractivity contribution >= 4 is 22.8 Å². The summed E-state index contributed by atoms with van der Waals surface area (Å²) in [4.78, 5) is 13.2. The smallest absolute Gasteiger partial charge is 0.239 e. The van der Waals surface area contributed by atoms with Crippen molar-refractivity contribution in [3.63, 3.8) is 0 Å². The zero-order valence-corrected chi connectivity index (χ0v) is 8.40. The normalized spacial score (nSPS) is 25.7. The van der Waals surface area contributed by atoms with Gasteiger partial charge in [-0.2, -0.15) is 0 Å². The van der Waals surface area contributed by atoms with Crippen LogP contribution in [0.4, 0.5) is 0 Å². The molecule has 1 N–H and O–H groups in total. The summed E-state index contributed by atoms with van der Waals surface area (Å²) in [6.45, 7) is 0. The number of carbonyl (C=O) groups is 1. The number of nitrogens with zero attached hydrogens (tertiary/aromatic N) is 1. The number of amidine groups is 1. The van der Waals surface area contributed by atoms with Crippen LogP contribution in [-0.4, -0.2) is 27.8 Å². The van der Waals surface area contributed by atoms with Gasteiger partial charge in [-0.25, -0.2) is 0 Å². The molecular formula is C9H14N2OS. The molecule has 1 amide bonds. The van der Waals surface area contributed by atoms with Crippen LogP contribution in [-0.2, 0) is 4.79 Å². The van der Waals surface area contributed by atoms with Gasteiger partial charge in [-0.15, -0.1) is 0 Å². The Bertz CT molecular complexity index is 220. The average molecular weight is 198 g/mol. The lowest BCUT2D eigenvalue weighted by molar-refractivity contribution is -0.126. The highest BCUT2D eigenvalue weighted by molar-refractivity contribution is 8.14. The molecule has 1 aliphatic heterocycles. The van der Waals surface area contributed by atoms with E-state index in [1.165, 1.54) is 31.0 Å². The van der Waals surface area contributed by atoms with Crippen molar-refractivity contribution in [2.45, 2.75) is 38.1 Å². The molecule has 2 fully saturated rings. The monoisotopic (exact) mass is 198 g/mol. The predicted molar refractivity (Wildman–Crippen MR) is 53.9 cm³/mol. The van der Waals surface area contributed by atoms with Crippen LogP contribution in [0.2, 0.25) is 0 Å². The van der Waals surface area contributed by atoms with Gasteiger partial charge >= 0.3 is 0 Å². The number of carbonyl (C=O) groups excluding carboxylic acids is 1. The summed E-state index contributed by atoms with van der Waals surface area (Å²) in [5, 5.41) is 8.11. The lowest BCUT2D eigenvalue weighted by atomic mass is 9.94. The lowest BCUT2D eigenvalue weighted by Crippen LogP contribution is -2.40. The molecule has 0 aromatic rings. The minimum atomic E-state index is 0.141. The van der Waals surface area contributed by atoms with Crippen molar-refractivity contribution in [1.29, 1.82) is 5.41 Å². The van der Waals surface area contributed by atoms with Gasteiger partial charge in [-0.1, -0.05) is 31.0 Å². The first-order valence-electron chi connectivity index (χ1n) is 4.82. The first-order chi connectivity index (χ1) is 6.29. The number of amides is 1. The Morgan fingerprint density at radius 1 is 1.31 bits per heavy atom. The molecule has 0 spiro atoms. The maximum absolute atomic E-state index is 11.4. The number of hydrogen-bond acceptors (Lipinski definition) is 3.